The molecule has 5 nitrogen and oxygen atoms in total. The van der Waals surface area contributed by atoms with Crippen LogP contribution in [0.2, 0.25) is 0 Å². The zero-order chi connectivity index (χ0) is 12.2. The van der Waals surface area contributed by atoms with Gasteiger partial charge in [-0.2, -0.15) is 0 Å². The summed E-state index contributed by atoms with van der Waals surface area (Å²) in [7, 11) is 1.63. The van der Waals surface area contributed by atoms with Gasteiger partial charge in [0.25, 0.3) is 5.95 Å². The molecule has 0 saturated heterocycles. The maximum absolute atomic E-state index is 10.5. The van der Waals surface area contributed by atoms with E-state index in [0.29, 0.717) is 13.0 Å². The average molecular weight is 228 g/mol. The highest BCUT2D eigenvalue weighted by Crippen LogP contribution is 2.18. The lowest BCUT2D eigenvalue weighted by Crippen LogP contribution is -2.25. The number of hydrogen-bond acceptors (Lipinski definition) is 4. The van der Waals surface area contributed by atoms with Crippen molar-refractivity contribution in [2.75, 3.05) is 13.7 Å². The minimum Gasteiger partial charge on any atom is -0.475 e. The molecule has 1 heterocycles. The van der Waals surface area contributed by atoms with Crippen LogP contribution < -0.4 is 4.74 Å². The van der Waals surface area contributed by atoms with E-state index in [9.17, 15) is 4.79 Å². The molecule has 1 aromatic rings. The van der Waals surface area contributed by atoms with Gasteiger partial charge in [0.2, 0.25) is 5.76 Å². The molecule has 0 radical (unpaired) electrons. The van der Waals surface area contributed by atoms with E-state index in [2.05, 4.69) is 0 Å². The Morgan fingerprint density at radius 2 is 2.19 bits per heavy atom. The molecule has 90 valence electrons. The SMILES string of the molecule is COC(C)(C)CCOc1ccc(C(=O)O)o1. The maximum Gasteiger partial charge on any atom is 0.371 e. The molecular weight excluding hydrogens is 212 g/mol. The monoisotopic (exact) mass is 228 g/mol. The zero-order valence-electron chi connectivity index (χ0n) is 9.65. The molecular formula is C11H16O5. The third-order valence-corrected chi connectivity index (χ3v) is 2.29. The molecule has 16 heavy (non-hydrogen) atoms. The van der Waals surface area contributed by atoms with Gasteiger partial charge in [-0.3, -0.25) is 0 Å². The molecule has 0 spiro atoms. The van der Waals surface area contributed by atoms with Gasteiger partial charge < -0.3 is 19.0 Å². The molecule has 0 amide bonds. The van der Waals surface area contributed by atoms with Gasteiger partial charge in [-0.05, 0) is 19.9 Å². The Labute approximate surface area is 94.0 Å². The second kappa shape index (κ2) is 5.03. The summed E-state index contributed by atoms with van der Waals surface area (Å²) >= 11 is 0. The molecule has 1 N–H and O–H groups in total. The Balaban J connectivity index is 2.40. The van der Waals surface area contributed by atoms with Gasteiger partial charge >= 0.3 is 5.97 Å². The molecule has 0 atom stereocenters. The van der Waals surface area contributed by atoms with Gasteiger partial charge in [-0.15, -0.1) is 0 Å². The molecule has 0 unspecified atom stereocenters. The summed E-state index contributed by atoms with van der Waals surface area (Å²) in [6.45, 7) is 4.30. The van der Waals surface area contributed by atoms with Crippen LogP contribution in [0.15, 0.2) is 16.5 Å². The van der Waals surface area contributed by atoms with Crippen molar-refractivity contribution in [3.05, 3.63) is 17.9 Å². The van der Waals surface area contributed by atoms with Gasteiger partial charge in [0.1, 0.15) is 0 Å². The predicted molar refractivity (Wildman–Crippen MR) is 56.9 cm³/mol. The third-order valence-electron chi connectivity index (χ3n) is 2.29. The fraction of sp³-hybridized carbons (Fsp3) is 0.545. The molecule has 0 aliphatic carbocycles. The number of rotatable bonds is 6. The topological polar surface area (TPSA) is 68.9 Å². The molecule has 5 heteroatoms. The lowest BCUT2D eigenvalue weighted by Gasteiger charge is -2.22. The average Bonchev–Trinajstić information content (AvgIpc) is 2.66. The van der Waals surface area contributed by atoms with Crippen LogP contribution in [0.4, 0.5) is 0 Å². The minimum absolute atomic E-state index is 0.124. The fourth-order valence-corrected chi connectivity index (χ4v) is 1.01. The van der Waals surface area contributed by atoms with Crippen molar-refractivity contribution in [2.45, 2.75) is 25.9 Å². The van der Waals surface area contributed by atoms with Crippen molar-refractivity contribution >= 4 is 5.97 Å². The van der Waals surface area contributed by atoms with Gasteiger partial charge in [0.15, 0.2) is 0 Å². The largest absolute Gasteiger partial charge is 0.475 e. The Hall–Kier alpha value is -1.49. The summed E-state index contributed by atoms with van der Waals surface area (Å²) < 4.78 is 15.4. The molecule has 0 aromatic carbocycles. The number of furan rings is 1. The number of carboxylic acids is 1. The van der Waals surface area contributed by atoms with Crippen molar-refractivity contribution in [1.29, 1.82) is 0 Å². The van der Waals surface area contributed by atoms with E-state index >= 15 is 0 Å². The van der Waals surface area contributed by atoms with E-state index in [-0.39, 0.29) is 17.3 Å². The molecule has 0 saturated carbocycles. The van der Waals surface area contributed by atoms with Crippen LogP contribution in [0.1, 0.15) is 30.8 Å². The van der Waals surface area contributed by atoms with Gasteiger partial charge in [-0.25, -0.2) is 4.79 Å². The number of hydrogen-bond donors (Lipinski definition) is 1. The summed E-state index contributed by atoms with van der Waals surface area (Å²) in [6.07, 6.45) is 0.687. The van der Waals surface area contributed by atoms with Crippen molar-refractivity contribution in [3.63, 3.8) is 0 Å². The highest BCUT2D eigenvalue weighted by atomic mass is 16.6. The molecule has 0 aliphatic heterocycles. The zero-order valence-corrected chi connectivity index (χ0v) is 9.65. The van der Waals surface area contributed by atoms with Crippen LogP contribution in [0.25, 0.3) is 0 Å². The van der Waals surface area contributed by atoms with Crippen LogP contribution in [-0.4, -0.2) is 30.4 Å². The second-order valence-corrected chi connectivity index (χ2v) is 3.99. The first kappa shape index (κ1) is 12.6. The van der Waals surface area contributed by atoms with E-state index in [0.717, 1.165) is 0 Å². The first-order chi connectivity index (χ1) is 7.44. The molecule has 0 bridgehead atoms. The quantitative estimate of drug-likeness (QED) is 0.808. The van der Waals surface area contributed by atoms with E-state index in [4.69, 9.17) is 19.0 Å². The molecule has 1 rings (SSSR count). The Morgan fingerprint density at radius 3 is 2.69 bits per heavy atom. The first-order valence-electron chi connectivity index (χ1n) is 4.96. The van der Waals surface area contributed by atoms with Crippen LogP contribution in [0.3, 0.4) is 0 Å². The maximum atomic E-state index is 10.5. The van der Waals surface area contributed by atoms with Crippen molar-refractivity contribution in [2.24, 2.45) is 0 Å². The Bertz CT molecular complexity index is 353. The van der Waals surface area contributed by atoms with Crippen LogP contribution >= 0.6 is 0 Å². The van der Waals surface area contributed by atoms with E-state index in [1.165, 1.54) is 12.1 Å². The van der Waals surface area contributed by atoms with Crippen molar-refractivity contribution in [1.82, 2.24) is 0 Å². The lowest BCUT2D eigenvalue weighted by molar-refractivity contribution is 0.00326. The van der Waals surface area contributed by atoms with E-state index in [1.54, 1.807) is 7.11 Å². The van der Waals surface area contributed by atoms with Crippen LogP contribution in [0, 0.1) is 0 Å². The smallest absolute Gasteiger partial charge is 0.371 e. The van der Waals surface area contributed by atoms with Crippen LogP contribution in [0.5, 0.6) is 5.95 Å². The Kier molecular flexibility index (Phi) is 3.95. The Morgan fingerprint density at radius 1 is 1.50 bits per heavy atom. The fourth-order valence-electron chi connectivity index (χ4n) is 1.01. The van der Waals surface area contributed by atoms with Crippen LogP contribution in [-0.2, 0) is 4.74 Å². The number of carboxylic acid groups (broad SMARTS) is 1. The molecule has 1 aromatic heterocycles. The summed E-state index contributed by atoms with van der Waals surface area (Å²) in [4.78, 5) is 10.5. The highest BCUT2D eigenvalue weighted by Gasteiger charge is 2.17. The standard InChI is InChI=1S/C11H16O5/c1-11(2,14-3)6-7-15-9-5-4-8(16-9)10(12)13/h4-5H,6-7H2,1-3H3,(H,12,13). The molecule has 0 fully saturated rings. The second-order valence-electron chi connectivity index (χ2n) is 3.99. The number of methoxy groups -OCH3 is 1. The highest BCUT2D eigenvalue weighted by molar-refractivity contribution is 5.84. The van der Waals surface area contributed by atoms with E-state index in [1.807, 2.05) is 13.8 Å². The summed E-state index contributed by atoms with van der Waals surface area (Å²) in [5, 5.41) is 8.62. The van der Waals surface area contributed by atoms with Gasteiger partial charge in [0.05, 0.1) is 12.2 Å². The van der Waals surface area contributed by atoms with Gasteiger partial charge in [-0.1, -0.05) is 0 Å². The van der Waals surface area contributed by atoms with Gasteiger partial charge in [0, 0.05) is 19.6 Å². The summed E-state index contributed by atoms with van der Waals surface area (Å²) in [6, 6.07) is 2.85. The summed E-state index contributed by atoms with van der Waals surface area (Å²) in [5.74, 6) is -1.02. The van der Waals surface area contributed by atoms with E-state index < -0.39 is 5.97 Å². The normalized spacial score (nSPS) is 11.4. The van der Waals surface area contributed by atoms with Crippen molar-refractivity contribution < 1.29 is 23.8 Å². The lowest BCUT2D eigenvalue weighted by atomic mass is 10.1. The third kappa shape index (κ3) is 3.58. The predicted octanol–water partition coefficient (Wildman–Crippen LogP) is 2.17. The minimum atomic E-state index is -1.10. The first-order valence-corrected chi connectivity index (χ1v) is 4.96. The number of carbonyl (C=O) groups is 1. The molecule has 0 aliphatic rings. The summed E-state index contributed by atoms with van der Waals surface area (Å²) in [5.41, 5.74) is -0.262. The number of aromatic carboxylic acids is 1. The van der Waals surface area contributed by atoms with Crippen molar-refractivity contribution in [3.8, 4) is 5.95 Å². The number of ether oxygens (including phenoxy) is 2.